The van der Waals surface area contributed by atoms with Crippen LogP contribution in [0.25, 0.3) is 109 Å². The van der Waals surface area contributed by atoms with Crippen LogP contribution in [0.5, 0.6) is 0 Å². The molecule has 0 saturated heterocycles. The number of thiophene rings is 1. The maximum absolute atomic E-state index is 6.53. The molecule has 8 aromatic carbocycles. The molecule has 0 fully saturated rings. The van der Waals surface area contributed by atoms with Crippen molar-refractivity contribution in [2.24, 2.45) is 0 Å². The van der Waals surface area contributed by atoms with Crippen molar-refractivity contribution in [1.82, 2.24) is 9.97 Å². The number of aromatic nitrogens is 2. The Hall–Kier alpha value is -7.14. The highest BCUT2D eigenvalue weighted by Gasteiger charge is 2.18. The Labute approximate surface area is 327 Å². The zero-order valence-electron chi connectivity index (χ0n) is 30.2. The Balaban J connectivity index is 1.15. The highest BCUT2D eigenvalue weighted by atomic mass is 32.1. The highest BCUT2D eigenvalue weighted by Crippen LogP contribution is 2.41. The monoisotopic (exact) mass is 732 g/mol. The quantitative estimate of drug-likeness (QED) is 0.171. The highest BCUT2D eigenvalue weighted by molar-refractivity contribution is 7.25. The molecule has 0 unspecified atom stereocenters. The summed E-state index contributed by atoms with van der Waals surface area (Å²) >= 11 is 1.84. The number of rotatable bonds is 6. The van der Waals surface area contributed by atoms with Gasteiger partial charge in [-0.1, -0.05) is 133 Å². The van der Waals surface area contributed by atoms with E-state index in [1.807, 2.05) is 41.7 Å². The van der Waals surface area contributed by atoms with Crippen molar-refractivity contribution >= 4 is 53.4 Å². The van der Waals surface area contributed by atoms with Crippen molar-refractivity contribution in [3.8, 4) is 67.3 Å². The fourth-order valence-electron chi connectivity index (χ4n) is 7.92. The van der Waals surface area contributed by atoms with Crippen LogP contribution in [0.1, 0.15) is 0 Å². The molecular formula is C52H32N2OS. The van der Waals surface area contributed by atoms with Gasteiger partial charge in [-0.2, -0.15) is 0 Å². The molecule has 3 nitrogen and oxygen atoms in total. The molecule has 262 valence electrons. The van der Waals surface area contributed by atoms with Crippen LogP contribution in [0.15, 0.2) is 199 Å². The minimum absolute atomic E-state index is 0.662. The van der Waals surface area contributed by atoms with Crippen LogP contribution in [-0.2, 0) is 0 Å². The third kappa shape index (κ3) is 5.67. The van der Waals surface area contributed by atoms with Crippen molar-refractivity contribution in [2.75, 3.05) is 0 Å². The number of nitrogens with zero attached hydrogens (tertiary/aromatic N) is 2. The molecule has 0 atom stereocenters. The standard InChI is InChI=1S/C52H32N2OS/c1-3-13-33(14-4-1)35-17-11-18-36(27-35)38-28-39(37-25-26-50-45(31-37)42-20-8-10-24-49(42)56-50)30-40(29-38)46-32-47(54-52(53-46)34-15-5-2-6-16-34)44-22-12-21-43-41-19-7-9-23-48(41)55-51(43)44/h1-32H. The van der Waals surface area contributed by atoms with Gasteiger partial charge in [-0.15, -0.1) is 11.3 Å². The lowest BCUT2D eigenvalue weighted by Crippen LogP contribution is -1.97. The van der Waals surface area contributed by atoms with Gasteiger partial charge in [-0.3, -0.25) is 0 Å². The second-order valence-electron chi connectivity index (χ2n) is 14.2. The Morgan fingerprint density at radius 2 is 0.911 bits per heavy atom. The summed E-state index contributed by atoms with van der Waals surface area (Å²) in [5, 5.41) is 4.72. The summed E-state index contributed by atoms with van der Waals surface area (Å²) < 4.78 is 9.12. The normalized spacial score (nSPS) is 11.6. The minimum atomic E-state index is 0.662. The van der Waals surface area contributed by atoms with Gasteiger partial charge in [0, 0.05) is 47.6 Å². The van der Waals surface area contributed by atoms with Crippen molar-refractivity contribution in [3.05, 3.63) is 194 Å². The van der Waals surface area contributed by atoms with E-state index >= 15 is 0 Å². The first-order valence-electron chi connectivity index (χ1n) is 18.8. The van der Waals surface area contributed by atoms with Gasteiger partial charge in [0.15, 0.2) is 5.82 Å². The van der Waals surface area contributed by atoms with Gasteiger partial charge in [0.25, 0.3) is 0 Å². The van der Waals surface area contributed by atoms with E-state index in [0.29, 0.717) is 5.82 Å². The topological polar surface area (TPSA) is 38.9 Å². The first kappa shape index (κ1) is 32.3. The molecule has 0 aliphatic rings. The summed E-state index contributed by atoms with van der Waals surface area (Å²) in [5.41, 5.74) is 13.1. The summed E-state index contributed by atoms with van der Waals surface area (Å²) in [6.45, 7) is 0. The zero-order chi connectivity index (χ0) is 37.0. The smallest absolute Gasteiger partial charge is 0.160 e. The lowest BCUT2D eigenvalue weighted by Gasteiger charge is -2.14. The van der Waals surface area contributed by atoms with Crippen LogP contribution in [0, 0.1) is 0 Å². The van der Waals surface area contributed by atoms with Crippen molar-refractivity contribution in [2.45, 2.75) is 0 Å². The number of hydrogen-bond donors (Lipinski definition) is 0. The average molecular weight is 733 g/mol. The van der Waals surface area contributed by atoms with Gasteiger partial charge in [0.1, 0.15) is 11.2 Å². The molecule has 3 heterocycles. The molecule has 11 rings (SSSR count). The molecule has 3 aromatic heterocycles. The van der Waals surface area contributed by atoms with Crippen molar-refractivity contribution < 1.29 is 4.42 Å². The van der Waals surface area contributed by atoms with Crippen LogP contribution in [0.2, 0.25) is 0 Å². The van der Waals surface area contributed by atoms with E-state index < -0.39 is 0 Å². The van der Waals surface area contributed by atoms with E-state index in [2.05, 4.69) is 164 Å². The first-order chi connectivity index (χ1) is 27.7. The first-order valence-corrected chi connectivity index (χ1v) is 19.6. The molecule has 0 aliphatic heterocycles. The Kier molecular flexibility index (Phi) is 7.68. The SMILES string of the molecule is c1ccc(-c2cccc(-c3cc(-c4ccc5sc6ccccc6c5c4)cc(-c4cc(-c5cccc6c5oc5ccccc56)nc(-c5ccccc5)n4)c3)c2)cc1. The lowest BCUT2D eigenvalue weighted by atomic mass is 9.92. The number of benzene rings is 8. The molecule has 11 aromatic rings. The number of hydrogen-bond acceptors (Lipinski definition) is 4. The predicted molar refractivity (Wildman–Crippen MR) is 235 cm³/mol. The van der Waals surface area contributed by atoms with E-state index in [9.17, 15) is 0 Å². The molecule has 56 heavy (non-hydrogen) atoms. The van der Waals surface area contributed by atoms with Crippen LogP contribution in [0.3, 0.4) is 0 Å². The van der Waals surface area contributed by atoms with Gasteiger partial charge < -0.3 is 4.42 Å². The molecule has 4 heteroatoms. The Bertz CT molecular complexity index is 3250. The number of furan rings is 1. The van der Waals surface area contributed by atoms with Crippen molar-refractivity contribution in [3.63, 3.8) is 0 Å². The number of para-hydroxylation sites is 2. The summed E-state index contributed by atoms with van der Waals surface area (Å²) in [4.78, 5) is 10.5. The van der Waals surface area contributed by atoms with Crippen LogP contribution in [0.4, 0.5) is 0 Å². The fourth-order valence-corrected chi connectivity index (χ4v) is 9.01. The lowest BCUT2D eigenvalue weighted by molar-refractivity contribution is 0.670. The Morgan fingerprint density at radius 3 is 1.73 bits per heavy atom. The molecule has 0 radical (unpaired) electrons. The van der Waals surface area contributed by atoms with E-state index in [4.69, 9.17) is 14.4 Å². The zero-order valence-corrected chi connectivity index (χ0v) is 31.0. The van der Waals surface area contributed by atoms with Gasteiger partial charge in [0.2, 0.25) is 0 Å². The third-order valence-corrected chi connectivity index (χ3v) is 11.8. The van der Waals surface area contributed by atoms with Gasteiger partial charge >= 0.3 is 0 Å². The largest absolute Gasteiger partial charge is 0.455 e. The predicted octanol–water partition coefficient (Wildman–Crippen LogP) is 14.7. The number of fused-ring (bicyclic) bond motifs is 6. The van der Waals surface area contributed by atoms with E-state index in [1.54, 1.807) is 0 Å². The maximum Gasteiger partial charge on any atom is 0.160 e. The third-order valence-electron chi connectivity index (χ3n) is 10.7. The average Bonchev–Trinajstić information content (AvgIpc) is 3.85. The second-order valence-corrected chi connectivity index (χ2v) is 15.2. The van der Waals surface area contributed by atoms with E-state index in [0.717, 1.165) is 72.3 Å². The molecule has 0 spiro atoms. The van der Waals surface area contributed by atoms with Gasteiger partial charge in [-0.25, -0.2) is 9.97 Å². The van der Waals surface area contributed by atoms with Crippen LogP contribution >= 0.6 is 11.3 Å². The molecule has 0 N–H and O–H groups in total. The summed E-state index contributed by atoms with van der Waals surface area (Å²) in [7, 11) is 0. The summed E-state index contributed by atoms with van der Waals surface area (Å²) in [5.74, 6) is 0.662. The fraction of sp³-hybridized carbons (Fsp3) is 0. The van der Waals surface area contributed by atoms with Crippen LogP contribution in [-0.4, -0.2) is 9.97 Å². The summed E-state index contributed by atoms with van der Waals surface area (Å²) in [6, 6.07) is 68.7. The molecule has 0 saturated carbocycles. The summed E-state index contributed by atoms with van der Waals surface area (Å²) in [6.07, 6.45) is 0. The Morgan fingerprint density at radius 1 is 0.339 bits per heavy atom. The van der Waals surface area contributed by atoms with Gasteiger partial charge in [0.05, 0.1) is 11.4 Å². The maximum atomic E-state index is 6.53. The molecule has 0 bridgehead atoms. The minimum Gasteiger partial charge on any atom is -0.455 e. The van der Waals surface area contributed by atoms with Gasteiger partial charge in [-0.05, 0) is 94.0 Å². The molecular weight excluding hydrogens is 701 g/mol. The molecule has 0 amide bonds. The molecule has 0 aliphatic carbocycles. The van der Waals surface area contributed by atoms with E-state index in [-0.39, 0.29) is 0 Å². The van der Waals surface area contributed by atoms with Crippen molar-refractivity contribution in [1.29, 1.82) is 0 Å². The van der Waals surface area contributed by atoms with Crippen LogP contribution < -0.4 is 0 Å². The van der Waals surface area contributed by atoms with E-state index in [1.165, 1.54) is 31.3 Å². The second kappa shape index (κ2) is 13.3.